The van der Waals surface area contributed by atoms with Crippen molar-refractivity contribution in [3.63, 3.8) is 0 Å². The van der Waals surface area contributed by atoms with E-state index in [1.165, 1.54) is 38.5 Å². The minimum atomic E-state index is -0.189. The number of nitrogens with zero attached hydrogens (tertiary/aromatic N) is 1. The molecule has 0 aliphatic carbocycles. The van der Waals surface area contributed by atoms with Gasteiger partial charge in [0.25, 0.3) is 0 Å². The summed E-state index contributed by atoms with van der Waals surface area (Å²) < 4.78 is 0. The molecule has 0 spiro atoms. The number of carbonyl (C=O) groups is 1. The molecule has 1 fully saturated rings. The van der Waals surface area contributed by atoms with Crippen LogP contribution in [0.4, 0.5) is 0 Å². The van der Waals surface area contributed by atoms with Crippen LogP contribution in [0, 0.1) is 5.41 Å². The first kappa shape index (κ1) is 24.2. The molecule has 1 aromatic rings. The van der Waals surface area contributed by atoms with E-state index in [1.807, 2.05) is 31.3 Å². The molecule has 5 heteroatoms. The first-order chi connectivity index (χ1) is 14.1. The molecule has 1 amide bonds. The van der Waals surface area contributed by atoms with E-state index in [2.05, 4.69) is 22.6 Å². The Morgan fingerprint density at radius 2 is 1.59 bits per heavy atom. The van der Waals surface area contributed by atoms with E-state index >= 15 is 0 Å². The molecule has 1 aliphatic rings. The third-order valence-electron chi connectivity index (χ3n) is 6.37. The quantitative estimate of drug-likeness (QED) is 0.440. The average molecular weight is 422 g/mol. The summed E-state index contributed by atoms with van der Waals surface area (Å²) in [5.41, 5.74) is 0.912. The van der Waals surface area contributed by atoms with Gasteiger partial charge in [-0.2, -0.15) is 0 Å². The van der Waals surface area contributed by atoms with Gasteiger partial charge in [-0.1, -0.05) is 62.3 Å². The Kier molecular flexibility index (Phi) is 11.0. The topological polar surface area (TPSA) is 44.4 Å². The molecule has 0 bridgehead atoms. The Morgan fingerprint density at radius 1 is 1.00 bits per heavy atom. The van der Waals surface area contributed by atoms with Crippen molar-refractivity contribution in [1.82, 2.24) is 15.5 Å². The normalized spacial score (nSPS) is 16.7. The Labute approximate surface area is 182 Å². The number of rotatable bonds is 13. The van der Waals surface area contributed by atoms with Crippen molar-refractivity contribution in [2.24, 2.45) is 5.41 Å². The number of unbranched alkanes of at least 4 members (excludes halogenated alkanes) is 6. The zero-order valence-corrected chi connectivity index (χ0v) is 19.2. The lowest BCUT2D eigenvalue weighted by Crippen LogP contribution is -2.47. The third-order valence-corrected chi connectivity index (χ3v) is 6.63. The predicted molar refractivity (Wildman–Crippen MR) is 123 cm³/mol. The molecule has 1 heterocycles. The number of hydrogen-bond donors (Lipinski definition) is 2. The highest BCUT2D eigenvalue weighted by molar-refractivity contribution is 6.30. The first-order valence-corrected chi connectivity index (χ1v) is 11.8. The maximum Gasteiger partial charge on any atom is 0.226 e. The number of likely N-dealkylation sites (tertiary alicyclic amines) is 1. The minimum Gasteiger partial charge on any atom is -0.352 e. The first-order valence-electron chi connectivity index (χ1n) is 11.4. The highest BCUT2D eigenvalue weighted by atomic mass is 35.5. The van der Waals surface area contributed by atoms with Gasteiger partial charge in [-0.3, -0.25) is 4.79 Å². The lowest BCUT2D eigenvalue weighted by molar-refractivity contribution is -0.134. The fourth-order valence-corrected chi connectivity index (χ4v) is 4.38. The van der Waals surface area contributed by atoms with Crippen LogP contribution in [-0.2, 0) is 11.3 Å². The largest absolute Gasteiger partial charge is 0.352 e. The monoisotopic (exact) mass is 421 g/mol. The number of piperidine rings is 1. The van der Waals surface area contributed by atoms with Crippen LogP contribution in [0.5, 0.6) is 0 Å². The van der Waals surface area contributed by atoms with E-state index in [4.69, 9.17) is 11.6 Å². The highest BCUT2D eigenvalue weighted by Crippen LogP contribution is 2.37. The molecular weight excluding hydrogens is 382 g/mol. The number of halogens is 1. The summed E-state index contributed by atoms with van der Waals surface area (Å²) in [5.74, 6) is 0.243. The lowest BCUT2D eigenvalue weighted by atomic mass is 9.73. The number of nitrogens with one attached hydrogen (secondary N) is 2. The third kappa shape index (κ3) is 8.65. The zero-order valence-electron chi connectivity index (χ0n) is 18.4. The SMILES string of the molecule is CNCCCCCCCCCC1(C(=O)NCc2ccc(Cl)cc2)CCN(C)CC1. The lowest BCUT2D eigenvalue weighted by Gasteiger charge is -2.39. The minimum absolute atomic E-state index is 0.189. The van der Waals surface area contributed by atoms with Crippen LogP contribution in [0.25, 0.3) is 0 Å². The maximum atomic E-state index is 13.2. The standard InChI is InChI=1S/C24H40ClN3O/c1-26-17-9-7-5-3-4-6-8-14-24(15-18-28(2)19-16-24)23(29)27-20-21-10-12-22(25)13-11-21/h10-13,26H,3-9,14-20H2,1-2H3,(H,27,29). The molecule has 0 radical (unpaired) electrons. The van der Waals surface area contributed by atoms with Gasteiger partial charge in [0.1, 0.15) is 0 Å². The van der Waals surface area contributed by atoms with Gasteiger partial charge in [0, 0.05) is 11.6 Å². The molecule has 1 aliphatic heterocycles. The van der Waals surface area contributed by atoms with E-state index in [1.54, 1.807) is 0 Å². The predicted octanol–water partition coefficient (Wildman–Crippen LogP) is 5.01. The molecule has 0 unspecified atom stereocenters. The molecule has 0 aromatic heterocycles. The van der Waals surface area contributed by atoms with Crippen molar-refractivity contribution in [2.75, 3.05) is 33.7 Å². The van der Waals surface area contributed by atoms with Gasteiger partial charge in [0.05, 0.1) is 5.41 Å². The van der Waals surface area contributed by atoms with Gasteiger partial charge >= 0.3 is 0 Å². The van der Waals surface area contributed by atoms with E-state index < -0.39 is 0 Å². The molecule has 0 saturated carbocycles. The summed E-state index contributed by atoms with van der Waals surface area (Å²) in [4.78, 5) is 15.5. The van der Waals surface area contributed by atoms with Crippen molar-refractivity contribution in [2.45, 2.75) is 70.8 Å². The van der Waals surface area contributed by atoms with E-state index in [9.17, 15) is 4.79 Å². The molecule has 164 valence electrons. The molecule has 2 rings (SSSR count). The van der Waals surface area contributed by atoms with Gasteiger partial charge in [-0.05, 0) is 77.1 Å². The summed E-state index contributed by atoms with van der Waals surface area (Å²) in [6.45, 7) is 3.74. The summed E-state index contributed by atoms with van der Waals surface area (Å²) in [6, 6.07) is 7.74. The molecule has 0 atom stereocenters. The van der Waals surface area contributed by atoms with Crippen LogP contribution < -0.4 is 10.6 Å². The van der Waals surface area contributed by atoms with Crippen molar-refractivity contribution >= 4 is 17.5 Å². The van der Waals surface area contributed by atoms with Gasteiger partial charge in [-0.15, -0.1) is 0 Å². The number of hydrogen-bond acceptors (Lipinski definition) is 3. The van der Waals surface area contributed by atoms with Gasteiger partial charge < -0.3 is 15.5 Å². The van der Waals surface area contributed by atoms with Crippen LogP contribution in [0.3, 0.4) is 0 Å². The molecule has 1 aromatic carbocycles. The second-order valence-electron chi connectivity index (χ2n) is 8.72. The fraction of sp³-hybridized carbons (Fsp3) is 0.708. The van der Waals surface area contributed by atoms with E-state index in [0.29, 0.717) is 6.54 Å². The molecule has 1 saturated heterocycles. The van der Waals surface area contributed by atoms with Crippen molar-refractivity contribution in [3.8, 4) is 0 Å². The molecule has 2 N–H and O–H groups in total. The molecule has 4 nitrogen and oxygen atoms in total. The van der Waals surface area contributed by atoms with Gasteiger partial charge in [0.2, 0.25) is 5.91 Å². The van der Waals surface area contributed by atoms with Crippen LogP contribution in [0.2, 0.25) is 5.02 Å². The van der Waals surface area contributed by atoms with Crippen LogP contribution in [0.15, 0.2) is 24.3 Å². The van der Waals surface area contributed by atoms with Crippen molar-refractivity contribution in [1.29, 1.82) is 0 Å². The molecular formula is C24H40ClN3O. The highest BCUT2D eigenvalue weighted by Gasteiger charge is 2.39. The van der Waals surface area contributed by atoms with Gasteiger partial charge in [-0.25, -0.2) is 0 Å². The Hall–Kier alpha value is -1.10. The number of amides is 1. The zero-order chi connectivity index (χ0) is 21.0. The Morgan fingerprint density at radius 3 is 2.21 bits per heavy atom. The van der Waals surface area contributed by atoms with Crippen LogP contribution in [-0.4, -0.2) is 44.5 Å². The van der Waals surface area contributed by atoms with E-state index in [-0.39, 0.29) is 11.3 Å². The molecule has 29 heavy (non-hydrogen) atoms. The fourth-order valence-electron chi connectivity index (χ4n) is 4.26. The summed E-state index contributed by atoms with van der Waals surface area (Å²) in [6.07, 6.45) is 11.9. The Balaban J connectivity index is 1.76. The van der Waals surface area contributed by atoms with E-state index in [0.717, 1.165) is 55.9 Å². The summed E-state index contributed by atoms with van der Waals surface area (Å²) in [5, 5.41) is 7.16. The van der Waals surface area contributed by atoms with Gasteiger partial charge in [0.15, 0.2) is 0 Å². The van der Waals surface area contributed by atoms with Crippen molar-refractivity contribution in [3.05, 3.63) is 34.9 Å². The number of carbonyl (C=O) groups excluding carboxylic acids is 1. The number of benzene rings is 1. The van der Waals surface area contributed by atoms with Crippen LogP contribution in [0.1, 0.15) is 69.8 Å². The van der Waals surface area contributed by atoms with Crippen molar-refractivity contribution < 1.29 is 4.79 Å². The smallest absolute Gasteiger partial charge is 0.226 e. The maximum absolute atomic E-state index is 13.2. The summed E-state index contributed by atoms with van der Waals surface area (Å²) >= 11 is 5.96. The Bertz CT molecular complexity index is 582. The second-order valence-corrected chi connectivity index (χ2v) is 9.16. The van der Waals surface area contributed by atoms with Crippen LogP contribution >= 0.6 is 11.6 Å². The average Bonchev–Trinajstić information content (AvgIpc) is 2.73. The summed E-state index contributed by atoms with van der Waals surface area (Å²) in [7, 11) is 4.17. The second kappa shape index (κ2) is 13.3.